The van der Waals surface area contributed by atoms with Crippen LogP contribution in [0.15, 0.2) is 46.5 Å². The van der Waals surface area contributed by atoms with Crippen LogP contribution in [0.2, 0.25) is 0 Å². The minimum atomic E-state index is -0.664. The van der Waals surface area contributed by atoms with Gasteiger partial charge in [-0.25, -0.2) is 0 Å². The molecule has 0 saturated carbocycles. The molecule has 4 atom stereocenters. The lowest BCUT2D eigenvalue weighted by Crippen LogP contribution is -2.42. The number of carbonyl (C=O) groups is 2. The van der Waals surface area contributed by atoms with Crippen LogP contribution in [0.25, 0.3) is 0 Å². The van der Waals surface area contributed by atoms with Crippen LogP contribution in [0, 0.1) is 11.8 Å². The summed E-state index contributed by atoms with van der Waals surface area (Å²) in [5.41, 5.74) is 3.46. The van der Waals surface area contributed by atoms with E-state index in [1.807, 2.05) is 33.8 Å². The Morgan fingerprint density at radius 3 is 2.25 bits per heavy atom. The summed E-state index contributed by atoms with van der Waals surface area (Å²) in [6.45, 7) is 11.2. The number of ketones is 1. The molecular weight excluding hydrogens is 408 g/mol. The first-order valence-electron chi connectivity index (χ1n) is 11.2. The van der Waals surface area contributed by atoms with Gasteiger partial charge < -0.3 is 19.3 Å². The Bertz CT molecular complexity index is 782. The monoisotopic (exact) mass is 448 g/mol. The van der Waals surface area contributed by atoms with Crippen molar-refractivity contribution < 1.29 is 28.9 Å². The molecule has 0 bridgehead atoms. The highest BCUT2D eigenvalue weighted by Gasteiger charge is 2.44. The van der Waals surface area contributed by atoms with E-state index < -0.39 is 18.2 Å². The number of hydrogen-bond acceptors (Lipinski definition) is 6. The average molecular weight is 449 g/mol. The number of aliphatic hydroxyl groups excluding tert-OH is 1. The van der Waals surface area contributed by atoms with Crippen molar-refractivity contribution in [2.45, 2.75) is 79.4 Å². The van der Waals surface area contributed by atoms with E-state index in [9.17, 15) is 14.7 Å². The summed E-state index contributed by atoms with van der Waals surface area (Å²) >= 11 is 0. The number of esters is 1. The number of hydrogen-bond donors (Lipinski definition) is 1. The van der Waals surface area contributed by atoms with E-state index in [1.54, 1.807) is 0 Å². The molecule has 4 unspecified atom stereocenters. The lowest BCUT2D eigenvalue weighted by atomic mass is 9.77. The van der Waals surface area contributed by atoms with Gasteiger partial charge in [0, 0.05) is 18.8 Å². The predicted molar refractivity (Wildman–Crippen MR) is 126 cm³/mol. The molecule has 0 spiro atoms. The Morgan fingerprint density at radius 2 is 1.72 bits per heavy atom. The first-order chi connectivity index (χ1) is 15.0. The number of carbonyl (C=O) groups excluding carboxylic acids is 2. The highest BCUT2D eigenvalue weighted by atomic mass is 16.6. The summed E-state index contributed by atoms with van der Waals surface area (Å²) in [5, 5.41) is 10.0. The Balaban J connectivity index is 2.86. The number of Topliss-reactive ketones (excluding diaryl/α,β-unsaturated/α-hetero) is 1. The molecule has 0 aliphatic heterocycles. The molecule has 6 heteroatoms. The van der Waals surface area contributed by atoms with Gasteiger partial charge in [0.05, 0.1) is 20.3 Å². The SMILES string of the molecule is COC1=C(OC)C(OC(C)=O)C(CC=C(C)CCC=C(C)CC(O)C=C(C)C)C(C)C1=O. The van der Waals surface area contributed by atoms with Crippen LogP contribution < -0.4 is 0 Å². The van der Waals surface area contributed by atoms with Crippen molar-refractivity contribution in [1.82, 2.24) is 0 Å². The molecular formula is C26H40O6. The normalized spacial score (nSPS) is 23.0. The summed E-state index contributed by atoms with van der Waals surface area (Å²) < 4.78 is 16.2. The first-order valence-corrected chi connectivity index (χ1v) is 11.2. The van der Waals surface area contributed by atoms with Crippen LogP contribution >= 0.6 is 0 Å². The maximum atomic E-state index is 12.8. The maximum Gasteiger partial charge on any atom is 0.303 e. The first kappa shape index (κ1) is 27.7. The van der Waals surface area contributed by atoms with Crippen LogP contribution in [0.5, 0.6) is 0 Å². The van der Waals surface area contributed by atoms with Gasteiger partial charge in [-0.1, -0.05) is 41.9 Å². The van der Waals surface area contributed by atoms with E-state index in [0.29, 0.717) is 12.8 Å². The zero-order chi connectivity index (χ0) is 24.4. The molecule has 1 aliphatic carbocycles. The van der Waals surface area contributed by atoms with Gasteiger partial charge >= 0.3 is 5.97 Å². The number of rotatable bonds is 11. The van der Waals surface area contributed by atoms with Gasteiger partial charge in [-0.05, 0) is 53.4 Å². The van der Waals surface area contributed by atoms with Gasteiger partial charge in [0.2, 0.25) is 11.5 Å². The fourth-order valence-electron chi connectivity index (χ4n) is 4.01. The molecule has 1 rings (SSSR count). The van der Waals surface area contributed by atoms with Crippen LogP contribution in [0.3, 0.4) is 0 Å². The van der Waals surface area contributed by atoms with E-state index in [4.69, 9.17) is 14.2 Å². The van der Waals surface area contributed by atoms with Gasteiger partial charge in [-0.15, -0.1) is 0 Å². The van der Waals surface area contributed by atoms with Crippen LogP contribution in [-0.2, 0) is 23.8 Å². The average Bonchev–Trinajstić information content (AvgIpc) is 2.68. The fraction of sp³-hybridized carbons (Fsp3) is 0.615. The molecule has 0 aromatic heterocycles. The maximum absolute atomic E-state index is 12.8. The van der Waals surface area contributed by atoms with Crippen molar-refractivity contribution in [3.8, 4) is 0 Å². The molecule has 0 radical (unpaired) electrons. The fourth-order valence-corrected chi connectivity index (χ4v) is 4.01. The molecule has 0 fully saturated rings. The summed E-state index contributed by atoms with van der Waals surface area (Å²) in [4.78, 5) is 24.5. The summed E-state index contributed by atoms with van der Waals surface area (Å²) in [6.07, 6.45) is 7.99. The highest BCUT2D eigenvalue weighted by Crippen LogP contribution is 2.37. The molecule has 180 valence electrons. The van der Waals surface area contributed by atoms with Crippen molar-refractivity contribution in [2.75, 3.05) is 14.2 Å². The number of methoxy groups -OCH3 is 2. The number of ether oxygens (including phenoxy) is 3. The van der Waals surface area contributed by atoms with Gasteiger partial charge in [-0.3, -0.25) is 9.59 Å². The second-order valence-corrected chi connectivity index (χ2v) is 8.84. The summed E-state index contributed by atoms with van der Waals surface area (Å²) in [5.74, 6) is -0.766. The Hall–Kier alpha value is -2.34. The second-order valence-electron chi connectivity index (χ2n) is 8.84. The quantitative estimate of drug-likeness (QED) is 0.352. The smallest absolute Gasteiger partial charge is 0.303 e. The van der Waals surface area contributed by atoms with E-state index in [0.717, 1.165) is 24.0 Å². The van der Waals surface area contributed by atoms with Gasteiger partial charge in [0.15, 0.2) is 11.9 Å². The van der Waals surface area contributed by atoms with Crippen LogP contribution in [0.4, 0.5) is 0 Å². The number of allylic oxidation sites excluding steroid dienone is 5. The van der Waals surface area contributed by atoms with E-state index in [-0.39, 0.29) is 29.1 Å². The molecule has 1 N–H and O–H groups in total. The molecule has 0 saturated heterocycles. The van der Waals surface area contributed by atoms with Crippen molar-refractivity contribution in [3.63, 3.8) is 0 Å². The zero-order valence-electron chi connectivity index (χ0n) is 20.9. The van der Waals surface area contributed by atoms with E-state index >= 15 is 0 Å². The van der Waals surface area contributed by atoms with Crippen molar-refractivity contribution in [1.29, 1.82) is 0 Å². The van der Waals surface area contributed by atoms with Gasteiger partial charge in [-0.2, -0.15) is 0 Å². The lowest BCUT2D eigenvalue weighted by molar-refractivity contribution is -0.153. The van der Waals surface area contributed by atoms with E-state index in [2.05, 4.69) is 19.1 Å². The topological polar surface area (TPSA) is 82.1 Å². The minimum absolute atomic E-state index is 0.124. The van der Waals surface area contributed by atoms with Crippen molar-refractivity contribution in [3.05, 3.63) is 46.5 Å². The van der Waals surface area contributed by atoms with Crippen LogP contribution in [0.1, 0.15) is 67.2 Å². The largest absolute Gasteiger partial charge is 0.493 e. The number of aliphatic hydroxyl groups is 1. The Kier molecular flexibility index (Phi) is 11.5. The van der Waals surface area contributed by atoms with Gasteiger partial charge in [0.25, 0.3) is 0 Å². The third-order valence-corrected chi connectivity index (χ3v) is 5.69. The Morgan fingerprint density at radius 1 is 1.06 bits per heavy atom. The molecule has 1 aliphatic rings. The predicted octanol–water partition coefficient (Wildman–Crippen LogP) is 5.04. The van der Waals surface area contributed by atoms with E-state index in [1.165, 1.54) is 26.7 Å². The zero-order valence-corrected chi connectivity index (χ0v) is 20.9. The Labute approximate surface area is 193 Å². The third kappa shape index (κ3) is 8.30. The molecule has 6 nitrogen and oxygen atoms in total. The summed E-state index contributed by atoms with van der Waals surface area (Å²) in [6, 6.07) is 0. The van der Waals surface area contributed by atoms with Gasteiger partial charge in [0.1, 0.15) is 0 Å². The van der Waals surface area contributed by atoms with Crippen LogP contribution in [-0.4, -0.2) is 43.3 Å². The molecule has 0 aromatic carbocycles. The van der Waals surface area contributed by atoms with Crippen molar-refractivity contribution >= 4 is 11.8 Å². The molecule has 0 amide bonds. The molecule has 0 heterocycles. The minimum Gasteiger partial charge on any atom is -0.493 e. The standard InChI is InChI=1S/C26H40O6/c1-16(2)14-21(28)15-18(4)11-9-10-17(3)12-13-22-19(5)23(29)25(30-7)26(31-8)24(22)32-20(6)27/h11-12,14,19,21-22,24,28H,9-10,13,15H2,1-8H3. The highest BCUT2D eigenvalue weighted by molar-refractivity contribution is 5.97. The van der Waals surface area contributed by atoms with Crippen molar-refractivity contribution in [2.24, 2.45) is 11.8 Å². The lowest BCUT2D eigenvalue weighted by Gasteiger charge is -2.35. The molecule has 0 aromatic rings. The molecule has 32 heavy (non-hydrogen) atoms. The summed E-state index contributed by atoms with van der Waals surface area (Å²) in [7, 11) is 2.87. The second kappa shape index (κ2) is 13.3. The third-order valence-electron chi connectivity index (χ3n) is 5.69.